The van der Waals surface area contributed by atoms with E-state index in [1.165, 1.54) is 19.3 Å². The monoisotopic (exact) mass is 445 g/mol. The fraction of sp³-hybridized carbons (Fsp3) is 0.632. The molecular formula is C19H28INO3. The molecule has 134 valence electrons. The van der Waals surface area contributed by atoms with Gasteiger partial charge in [0.05, 0.1) is 10.7 Å². The highest BCUT2D eigenvalue weighted by Gasteiger charge is 2.29. The molecule has 1 aromatic rings. The topological polar surface area (TPSA) is 38.8 Å². The molecule has 4 nitrogen and oxygen atoms in total. The van der Waals surface area contributed by atoms with Crippen LogP contribution >= 0.6 is 22.6 Å². The van der Waals surface area contributed by atoms with E-state index in [-0.39, 0.29) is 12.1 Å². The van der Waals surface area contributed by atoms with Crippen molar-refractivity contribution in [3.05, 3.63) is 27.3 Å². The molecule has 0 spiro atoms. The highest BCUT2D eigenvalue weighted by molar-refractivity contribution is 14.1. The van der Waals surface area contributed by atoms with E-state index in [1.807, 2.05) is 37.8 Å². The van der Waals surface area contributed by atoms with Crippen LogP contribution in [0.5, 0.6) is 5.75 Å². The second-order valence-corrected chi connectivity index (χ2v) is 8.53. The van der Waals surface area contributed by atoms with E-state index in [2.05, 4.69) is 28.7 Å². The normalized spacial score (nSPS) is 15.9. The number of methoxy groups -OCH3 is 1. The summed E-state index contributed by atoms with van der Waals surface area (Å²) in [6.45, 7) is 6.33. The Morgan fingerprint density at radius 2 is 1.92 bits per heavy atom. The Morgan fingerprint density at radius 1 is 1.25 bits per heavy atom. The number of hydrogen-bond acceptors (Lipinski definition) is 3. The lowest BCUT2D eigenvalue weighted by molar-refractivity contribution is 0.00988. The standard InChI is InChI=1S/C19H28INO3/c1-19(2,3)24-18(22)21(15-8-6-5-7-9-15)13-14-10-11-17(23-4)16(20)12-14/h10-12,15H,5-9,13H2,1-4H3. The SMILES string of the molecule is COc1ccc(CN(C(=O)OC(C)(C)C)C2CCCCC2)cc1I. The minimum absolute atomic E-state index is 0.208. The van der Waals surface area contributed by atoms with Crippen molar-refractivity contribution in [1.82, 2.24) is 4.90 Å². The molecular weight excluding hydrogens is 417 g/mol. The Kier molecular flexibility index (Phi) is 6.78. The van der Waals surface area contributed by atoms with Gasteiger partial charge in [-0.05, 0) is 73.9 Å². The third kappa shape index (κ3) is 5.53. The number of ether oxygens (including phenoxy) is 2. The van der Waals surface area contributed by atoms with Gasteiger partial charge >= 0.3 is 6.09 Å². The summed E-state index contributed by atoms with van der Waals surface area (Å²) < 4.78 is 12.0. The molecule has 1 saturated carbocycles. The summed E-state index contributed by atoms with van der Waals surface area (Å²) in [4.78, 5) is 14.7. The van der Waals surface area contributed by atoms with Crippen LogP contribution in [0, 0.1) is 3.57 Å². The van der Waals surface area contributed by atoms with E-state index in [4.69, 9.17) is 9.47 Å². The fourth-order valence-corrected chi connectivity index (χ4v) is 3.86. The van der Waals surface area contributed by atoms with Crippen LogP contribution in [-0.2, 0) is 11.3 Å². The molecule has 0 N–H and O–H groups in total. The average Bonchev–Trinajstić information content (AvgIpc) is 2.52. The summed E-state index contributed by atoms with van der Waals surface area (Å²) in [5, 5.41) is 0. The molecule has 0 atom stereocenters. The number of carbonyl (C=O) groups is 1. The van der Waals surface area contributed by atoms with Gasteiger partial charge in [-0.3, -0.25) is 0 Å². The molecule has 2 rings (SSSR count). The van der Waals surface area contributed by atoms with Crippen LogP contribution < -0.4 is 4.74 Å². The van der Waals surface area contributed by atoms with Gasteiger partial charge in [-0.25, -0.2) is 4.79 Å². The van der Waals surface area contributed by atoms with Crippen molar-refractivity contribution in [3.8, 4) is 5.75 Å². The van der Waals surface area contributed by atoms with E-state index in [0.29, 0.717) is 6.54 Å². The maximum atomic E-state index is 12.7. The van der Waals surface area contributed by atoms with Gasteiger partial charge in [-0.2, -0.15) is 0 Å². The smallest absolute Gasteiger partial charge is 0.410 e. The summed E-state index contributed by atoms with van der Waals surface area (Å²) >= 11 is 2.27. The summed E-state index contributed by atoms with van der Waals surface area (Å²) in [5.41, 5.74) is 0.634. The van der Waals surface area contributed by atoms with Crippen molar-refractivity contribution >= 4 is 28.7 Å². The zero-order valence-electron chi connectivity index (χ0n) is 15.1. The molecule has 24 heavy (non-hydrogen) atoms. The summed E-state index contributed by atoms with van der Waals surface area (Å²) in [5.74, 6) is 0.862. The molecule has 0 bridgehead atoms. The summed E-state index contributed by atoms with van der Waals surface area (Å²) in [7, 11) is 1.67. The van der Waals surface area contributed by atoms with Crippen LogP contribution in [0.3, 0.4) is 0 Å². The van der Waals surface area contributed by atoms with E-state index in [9.17, 15) is 4.79 Å². The van der Waals surface area contributed by atoms with Gasteiger partial charge in [0, 0.05) is 12.6 Å². The molecule has 1 fully saturated rings. The average molecular weight is 445 g/mol. The van der Waals surface area contributed by atoms with Crippen LogP contribution in [0.15, 0.2) is 18.2 Å². The predicted molar refractivity (Wildman–Crippen MR) is 104 cm³/mol. The minimum Gasteiger partial charge on any atom is -0.496 e. The first kappa shape index (κ1) is 19.3. The lowest BCUT2D eigenvalue weighted by Crippen LogP contribution is -2.43. The molecule has 0 aliphatic heterocycles. The van der Waals surface area contributed by atoms with Crippen LogP contribution in [0.4, 0.5) is 4.79 Å². The lowest BCUT2D eigenvalue weighted by Gasteiger charge is -2.35. The second kappa shape index (κ2) is 8.41. The number of amides is 1. The molecule has 0 heterocycles. The maximum absolute atomic E-state index is 12.7. The Morgan fingerprint density at radius 3 is 2.46 bits per heavy atom. The molecule has 1 aliphatic carbocycles. The first-order chi connectivity index (χ1) is 11.3. The van der Waals surface area contributed by atoms with Crippen LogP contribution in [0.2, 0.25) is 0 Å². The first-order valence-electron chi connectivity index (χ1n) is 8.62. The Balaban J connectivity index is 2.18. The highest BCUT2D eigenvalue weighted by atomic mass is 127. The molecule has 5 heteroatoms. The summed E-state index contributed by atoms with van der Waals surface area (Å²) in [6, 6.07) is 6.35. The van der Waals surface area contributed by atoms with Gasteiger partial charge in [-0.1, -0.05) is 25.3 Å². The molecule has 0 unspecified atom stereocenters. The number of benzene rings is 1. The minimum atomic E-state index is -0.474. The van der Waals surface area contributed by atoms with Gasteiger partial charge in [-0.15, -0.1) is 0 Å². The van der Waals surface area contributed by atoms with E-state index in [1.54, 1.807) is 7.11 Å². The lowest BCUT2D eigenvalue weighted by atomic mass is 9.94. The molecule has 1 aliphatic rings. The number of carbonyl (C=O) groups excluding carboxylic acids is 1. The molecule has 1 aromatic carbocycles. The third-order valence-corrected chi connectivity index (χ3v) is 5.06. The second-order valence-electron chi connectivity index (χ2n) is 7.37. The third-order valence-electron chi connectivity index (χ3n) is 4.21. The Hall–Kier alpha value is -0.980. The van der Waals surface area contributed by atoms with Gasteiger partial charge in [0.2, 0.25) is 0 Å². The van der Waals surface area contributed by atoms with Gasteiger partial charge in [0.1, 0.15) is 11.4 Å². The van der Waals surface area contributed by atoms with Crippen LogP contribution in [0.25, 0.3) is 0 Å². The van der Waals surface area contributed by atoms with Gasteiger partial charge in [0.15, 0.2) is 0 Å². The van der Waals surface area contributed by atoms with E-state index >= 15 is 0 Å². The molecule has 0 radical (unpaired) electrons. The molecule has 0 saturated heterocycles. The van der Waals surface area contributed by atoms with Crippen molar-refractivity contribution in [2.45, 2.75) is 71.1 Å². The van der Waals surface area contributed by atoms with E-state index < -0.39 is 5.60 Å². The van der Waals surface area contributed by atoms with Crippen molar-refractivity contribution in [3.63, 3.8) is 0 Å². The maximum Gasteiger partial charge on any atom is 0.410 e. The molecule has 0 aromatic heterocycles. The van der Waals surface area contributed by atoms with Crippen molar-refractivity contribution < 1.29 is 14.3 Å². The largest absolute Gasteiger partial charge is 0.496 e. The van der Waals surface area contributed by atoms with Crippen LogP contribution in [0.1, 0.15) is 58.4 Å². The van der Waals surface area contributed by atoms with E-state index in [0.717, 1.165) is 27.7 Å². The first-order valence-corrected chi connectivity index (χ1v) is 9.70. The number of halogens is 1. The Labute approximate surface area is 159 Å². The Bertz CT molecular complexity index is 562. The zero-order valence-corrected chi connectivity index (χ0v) is 17.3. The summed E-state index contributed by atoms with van der Waals surface area (Å²) in [6.07, 6.45) is 5.55. The van der Waals surface area contributed by atoms with Gasteiger partial charge < -0.3 is 14.4 Å². The van der Waals surface area contributed by atoms with Crippen LogP contribution in [-0.4, -0.2) is 29.7 Å². The highest BCUT2D eigenvalue weighted by Crippen LogP contribution is 2.28. The zero-order chi connectivity index (χ0) is 17.7. The van der Waals surface area contributed by atoms with Crippen molar-refractivity contribution in [2.24, 2.45) is 0 Å². The predicted octanol–water partition coefficient (Wildman–Crippen LogP) is 5.37. The molecule has 1 amide bonds. The number of hydrogen-bond donors (Lipinski definition) is 0. The fourth-order valence-electron chi connectivity index (χ4n) is 3.06. The van der Waals surface area contributed by atoms with Crippen molar-refractivity contribution in [1.29, 1.82) is 0 Å². The number of nitrogens with zero attached hydrogens (tertiary/aromatic N) is 1. The number of rotatable bonds is 4. The van der Waals surface area contributed by atoms with Crippen molar-refractivity contribution in [2.75, 3.05) is 7.11 Å². The van der Waals surface area contributed by atoms with Gasteiger partial charge in [0.25, 0.3) is 0 Å². The quantitative estimate of drug-likeness (QED) is 0.585.